The summed E-state index contributed by atoms with van der Waals surface area (Å²) < 4.78 is 14.1. The van der Waals surface area contributed by atoms with Gasteiger partial charge in [-0.2, -0.15) is 0 Å². The molecule has 0 saturated carbocycles. The maximum Gasteiger partial charge on any atom is 0.128 e. The molecule has 0 N–H and O–H groups in total. The monoisotopic (exact) mass is 413 g/mol. The van der Waals surface area contributed by atoms with Crippen LogP contribution in [-0.2, 0) is 6.54 Å². The van der Waals surface area contributed by atoms with E-state index in [-0.39, 0.29) is 6.10 Å². The largest absolute Gasteiger partial charge is 0.486 e. The fourth-order valence-corrected chi connectivity index (χ4v) is 3.24. The molecule has 2 aromatic rings. The SMILES string of the molecule is Cc1cc2c(o1)CN(C)CCC2Oc1ccc(Br)c(Br)c1. The lowest BCUT2D eigenvalue weighted by molar-refractivity contribution is 0.182. The first-order chi connectivity index (χ1) is 10.0. The van der Waals surface area contributed by atoms with Crippen molar-refractivity contribution in [2.75, 3.05) is 13.6 Å². The van der Waals surface area contributed by atoms with Crippen molar-refractivity contribution in [3.8, 4) is 5.75 Å². The lowest BCUT2D eigenvalue weighted by Crippen LogP contribution is -2.18. The number of halogens is 2. The molecule has 0 saturated heterocycles. The van der Waals surface area contributed by atoms with Gasteiger partial charge in [-0.1, -0.05) is 0 Å². The first-order valence-electron chi connectivity index (χ1n) is 6.92. The van der Waals surface area contributed by atoms with Gasteiger partial charge in [0.25, 0.3) is 0 Å². The van der Waals surface area contributed by atoms with E-state index >= 15 is 0 Å². The van der Waals surface area contributed by atoms with Crippen LogP contribution in [0.2, 0.25) is 0 Å². The average molecular weight is 415 g/mol. The van der Waals surface area contributed by atoms with Crippen LogP contribution in [0.25, 0.3) is 0 Å². The number of rotatable bonds is 2. The van der Waals surface area contributed by atoms with Crippen LogP contribution in [0.3, 0.4) is 0 Å². The smallest absolute Gasteiger partial charge is 0.128 e. The predicted molar refractivity (Wildman–Crippen MR) is 89.6 cm³/mol. The van der Waals surface area contributed by atoms with Crippen LogP contribution < -0.4 is 4.74 Å². The number of fused-ring (bicyclic) bond motifs is 1. The maximum atomic E-state index is 6.22. The molecule has 0 bridgehead atoms. The Balaban J connectivity index is 1.88. The third kappa shape index (κ3) is 3.35. The van der Waals surface area contributed by atoms with Gasteiger partial charge in [0.05, 0.1) is 6.54 Å². The van der Waals surface area contributed by atoms with E-state index in [0.717, 1.165) is 45.7 Å². The van der Waals surface area contributed by atoms with Crippen LogP contribution in [-0.4, -0.2) is 18.5 Å². The van der Waals surface area contributed by atoms with E-state index in [1.165, 1.54) is 5.56 Å². The quantitative estimate of drug-likeness (QED) is 0.685. The first-order valence-corrected chi connectivity index (χ1v) is 8.51. The van der Waals surface area contributed by atoms with Crippen molar-refractivity contribution in [3.63, 3.8) is 0 Å². The number of hydrogen-bond acceptors (Lipinski definition) is 3. The Labute approximate surface area is 141 Å². The number of aryl methyl sites for hydroxylation is 1. The van der Waals surface area contributed by atoms with Crippen molar-refractivity contribution in [3.05, 3.63) is 50.3 Å². The normalized spacial score (nSPS) is 19.1. The molecule has 3 nitrogen and oxygen atoms in total. The highest BCUT2D eigenvalue weighted by molar-refractivity contribution is 9.13. The third-order valence-corrected chi connectivity index (χ3v) is 5.55. The Morgan fingerprint density at radius 3 is 2.81 bits per heavy atom. The van der Waals surface area contributed by atoms with Crippen molar-refractivity contribution in [1.82, 2.24) is 4.90 Å². The van der Waals surface area contributed by atoms with Gasteiger partial charge in [-0.3, -0.25) is 4.90 Å². The molecule has 1 unspecified atom stereocenters. The Bertz CT molecular complexity index is 654. The summed E-state index contributed by atoms with van der Waals surface area (Å²) in [5, 5.41) is 0. The van der Waals surface area contributed by atoms with Crippen molar-refractivity contribution >= 4 is 31.9 Å². The molecule has 0 spiro atoms. The van der Waals surface area contributed by atoms with Crippen molar-refractivity contribution in [2.45, 2.75) is 26.0 Å². The molecular weight excluding hydrogens is 398 g/mol. The van der Waals surface area contributed by atoms with E-state index in [0.29, 0.717) is 0 Å². The molecule has 0 aliphatic carbocycles. The van der Waals surface area contributed by atoms with Gasteiger partial charge in [-0.15, -0.1) is 0 Å². The van der Waals surface area contributed by atoms with Gasteiger partial charge in [-0.05, 0) is 70.1 Å². The molecule has 1 atom stereocenters. The highest BCUT2D eigenvalue weighted by atomic mass is 79.9. The molecule has 1 aromatic heterocycles. The summed E-state index contributed by atoms with van der Waals surface area (Å²) in [7, 11) is 2.11. The predicted octanol–water partition coefficient (Wildman–Crippen LogP) is 5.07. The molecular formula is C16H17Br2NO2. The minimum Gasteiger partial charge on any atom is -0.486 e. The molecule has 5 heteroatoms. The molecule has 2 heterocycles. The lowest BCUT2D eigenvalue weighted by atomic mass is 10.1. The van der Waals surface area contributed by atoms with E-state index in [4.69, 9.17) is 9.15 Å². The van der Waals surface area contributed by atoms with E-state index in [9.17, 15) is 0 Å². The minimum absolute atomic E-state index is 0.0375. The number of benzene rings is 1. The van der Waals surface area contributed by atoms with Crippen LogP contribution >= 0.6 is 31.9 Å². The fraction of sp³-hybridized carbons (Fsp3) is 0.375. The zero-order valence-electron chi connectivity index (χ0n) is 12.0. The highest BCUT2D eigenvalue weighted by Crippen LogP contribution is 2.35. The van der Waals surface area contributed by atoms with Crippen LogP contribution in [0, 0.1) is 6.92 Å². The Hall–Kier alpha value is -0.780. The maximum absolute atomic E-state index is 6.22. The summed E-state index contributed by atoms with van der Waals surface area (Å²) in [5.41, 5.74) is 1.18. The van der Waals surface area contributed by atoms with Crippen LogP contribution in [0.15, 0.2) is 37.6 Å². The van der Waals surface area contributed by atoms with E-state index in [1.54, 1.807) is 0 Å². The summed E-state index contributed by atoms with van der Waals surface area (Å²) in [5.74, 6) is 2.83. The van der Waals surface area contributed by atoms with Crippen LogP contribution in [0.1, 0.15) is 29.6 Å². The van der Waals surface area contributed by atoms with Crippen molar-refractivity contribution in [1.29, 1.82) is 0 Å². The Kier molecular flexibility index (Phi) is 4.43. The van der Waals surface area contributed by atoms with Gasteiger partial charge >= 0.3 is 0 Å². The Morgan fingerprint density at radius 1 is 1.24 bits per heavy atom. The summed E-state index contributed by atoms with van der Waals surface area (Å²) in [6.07, 6.45) is 0.992. The summed E-state index contributed by atoms with van der Waals surface area (Å²) >= 11 is 7.00. The molecule has 1 aromatic carbocycles. The summed E-state index contributed by atoms with van der Waals surface area (Å²) in [6, 6.07) is 8.07. The molecule has 0 radical (unpaired) electrons. The van der Waals surface area contributed by atoms with Gasteiger partial charge in [0.15, 0.2) is 0 Å². The topological polar surface area (TPSA) is 25.6 Å². The van der Waals surface area contributed by atoms with Crippen LogP contribution in [0.4, 0.5) is 0 Å². The summed E-state index contributed by atoms with van der Waals surface area (Å²) in [4.78, 5) is 2.27. The average Bonchev–Trinajstić information content (AvgIpc) is 2.72. The van der Waals surface area contributed by atoms with Gasteiger partial charge in [0.2, 0.25) is 0 Å². The van der Waals surface area contributed by atoms with Gasteiger partial charge in [0, 0.05) is 27.5 Å². The molecule has 3 rings (SSSR count). The van der Waals surface area contributed by atoms with E-state index < -0.39 is 0 Å². The standard InChI is InChI=1S/C16H17Br2NO2/c1-10-7-12-15(5-6-19(2)9-16(12)20-10)21-11-3-4-13(17)14(18)8-11/h3-4,7-8,15H,5-6,9H2,1-2H3. The second-order valence-corrected chi connectivity index (χ2v) is 7.15. The Morgan fingerprint density at radius 2 is 2.05 bits per heavy atom. The molecule has 112 valence electrons. The van der Waals surface area contributed by atoms with E-state index in [1.807, 2.05) is 25.1 Å². The van der Waals surface area contributed by atoms with Gasteiger partial charge in [0.1, 0.15) is 23.4 Å². The number of nitrogens with zero attached hydrogens (tertiary/aromatic N) is 1. The van der Waals surface area contributed by atoms with Gasteiger partial charge in [-0.25, -0.2) is 0 Å². The second-order valence-electron chi connectivity index (χ2n) is 5.44. The zero-order chi connectivity index (χ0) is 15.0. The van der Waals surface area contributed by atoms with Gasteiger partial charge < -0.3 is 9.15 Å². The van der Waals surface area contributed by atoms with E-state index in [2.05, 4.69) is 49.9 Å². The minimum atomic E-state index is 0.0375. The zero-order valence-corrected chi connectivity index (χ0v) is 15.2. The number of ether oxygens (including phenoxy) is 1. The first kappa shape index (κ1) is 15.1. The highest BCUT2D eigenvalue weighted by Gasteiger charge is 2.25. The molecule has 0 fully saturated rings. The lowest BCUT2D eigenvalue weighted by Gasteiger charge is -2.18. The number of hydrogen-bond donors (Lipinski definition) is 0. The number of furan rings is 1. The molecule has 21 heavy (non-hydrogen) atoms. The van der Waals surface area contributed by atoms with Crippen molar-refractivity contribution in [2.24, 2.45) is 0 Å². The fourth-order valence-electron chi connectivity index (χ4n) is 2.63. The summed E-state index contributed by atoms with van der Waals surface area (Å²) in [6.45, 7) is 3.82. The molecule has 1 aliphatic rings. The third-order valence-electron chi connectivity index (χ3n) is 3.67. The molecule has 0 amide bonds. The molecule has 1 aliphatic heterocycles. The van der Waals surface area contributed by atoms with Crippen LogP contribution in [0.5, 0.6) is 5.75 Å². The second kappa shape index (κ2) is 6.15. The van der Waals surface area contributed by atoms with Crippen molar-refractivity contribution < 1.29 is 9.15 Å².